The molecule has 0 aliphatic carbocycles. The number of hydrogen-bond acceptors (Lipinski definition) is 5. The maximum absolute atomic E-state index is 11.7. The molecule has 1 unspecified atom stereocenters. The number of thiophene rings is 1. The SMILES string of the molecule is C=Cc1ccnc2ccc(OCCC3CCCN3C)cc12.CNC(=O)c1c(C)sc2cc(C)ccc12. The van der Waals surface area contributed by atoms with Crippen molar-refractivity contribution in [2.45, 2.75) is 39.2 Å². The van der Waals surface area contributed by atoms with Crippen LogP contribution in [-0.4, -0.2) is 49.1 Å². The lowest BCUT2D eigenvalue weighted by Crippen LogP contribution is -2.26. The average Bonchev–Trinajstić information content (AvgIpc) is 3.44. The number of carbonyl (C=O) groups excluding carboxylic acids is 1. The van der Waals surface area contributed by atoms with Crippen molar-refractivity contribution in [3.8, 4) is 5.75 Å². The van der Waals surface area contributed by atoms with E-state index in [2.05, 4.69) is 47.9 Å². The Morgan fingerprint density at radius 3 is 2.78 bits per heavy atom. The van der Waals surface area contributed by atoms with Crippen LogP contribution in [0.25, 0.3) is 27.1 Å². The Balaban J connectivity index is 0.000000179. The van der Waals surface area contributed by atoms with E-state index in [0.29, 0.717) is 6.04 Å². The summed E-state index contributed by atoms with van der Waals surface area (Å²) in [5.74, 6) is 0.918. The van der Waals surface area contributed by atoms with Gasteiger partial charge in [0.25, 0.3) is 5.91 Å². The van der Waals surface area contributed by atoms with E-state index in [-0.39, 0.29) is 5.91 Å². The number of pyridine rings is 1. The van der Waals surface area contributed by atoms with Gasteiger partial charge < -0.3 is 15.0 Å². The number of nitrogens with zero attached hydrogens (tertiary/aromatic N) is 2. The van der Waals surface area contributed by atoms with Crippen molar-refractivity contribution in [1.29, 1.82) is 0 Å². The van der Waals surface area contributed by atoms with Crippen LogP contribution in [0.5, 0.6) is 5.75 Å². The number of amides is 1. The number of aryl methyl sites for hydroxylation is 2. The molecule has 1 N–H and O–H groups in total. The lowest BCUT2D eigenvalue weighted by Gasteiger charge is -2.19. The molecule has 1 saturated heterocycles. The number of ether oxygens (including phenoxy) is 1. The van der Waals surface area contributed by atoms with Crippen molar-refractivity contribution in [2.75, 3.05) is 27.2 Å². The van der Waals surface area contributed by atoms with Crippen LogP contribution >= 0.6 is 11.3 Å². The van der Waals surface area contributed by atoms with Crippen molar-refractivity contribution in [2.24, 2.45) is 0 Å². The predicted octanol–water partition coefficient (Wildman–Crippen LogP) is 6.62. The molecule has 188 valence electrons. The second-order valence-electron chi connectivity index (χ2n) is 9.31. The average molecular weight is 502 g/mol. The lowest BCUT2D eigenvalue weighted by molar-refractivity contribution is 0.0964. The third-order valence-electron chi connectivity index (χ3n) is 6.83. The smallest absolute Gasteiger partial charge is 0.252 e. The molecule has 2 aromatic heterocycles. The fourth-order valence-electron chi connectivity index (χ4n) is 4.80. The van der Waals surface area contributed by atoms with Gasteiger partial charge in [-0.3, -0.25) is 9.78 Å². The molecule has 4 aromatic rings. The Labute approximate surface area is 217 Å². The minimum atomic E-state index is 0.00241. The summed E-state index contributed by atoms with van der Waals surface area (Å²) >= 11 is 1.68. The van der Waals surface area contributed by atoms with Crippen LogP contribution in [0.4, 0.5) is 0 Å². The van der Waals surface area contributed by atoms with E-state index in [1.807, 2.05) is 49.5 Å². The minimum Gasteiger partial charge on any atom is -0.494 e. The predicted molar refractivity (Wildman–Crippen MR) is 152 cm³/mol. The Morgan fingerprint density at radius 1 is 1.22 bits per heavy atom. The van der Waals surface area contributed by atoms with Crippen LogP contribution < -0.4 is 10.1 Å². The van der Waals surface area contributed by atoms with E-state index in [9.17, 15) is 4.79 Å². The second kappa shape index (κ2) is 11.7. The van der Waals surface area contributed by atoms with Gasteiger partial charge in [-0.15, -0.1) is 11.3 Å². The Kier molecular flexibility index (Phi) is 8.39. The molecule has 1 aliphatic rings. The molecule has 0 radical (unpaired) electrons. The minimum absolute atomic E-state index is 0.00241. The van der Waals surface area contributed by atoms with Gasteiger partial charge in [0, 0.05) is 39.6 Å². The van der Waals surface area contributed by atoms with Crippen LogP contribution in [0.3, 0.4) is 0 Å². The number of hydrogen-bond donors (Lipinski definition) is 1. The van der Waals surface area contributed by atoms with E-state index in [1.165, 1.54) is 29.6 Å². The zero-order valence-electron chi connectivity index (χ0n) is 21.6. The van der Waals surface area contributed by atoms with Crippen LogP contribution in [0, 0.1) is 13.8 Å². The number of nitrogens with one attached hydrogen (secondary N) is 1. The molecule has 0 spiro atoms. The quantitative estimate of drug-likeness (QED) is 0.323. The molecule has 2 aromatic carbocycles. The standard InChI is InChI=1S/C18H22N2O.C12H13NOS/c1-3-14-8-10-19-18-7-6-16(13-17(14)18)21-12-9-15-5-4-11-20(15)2;1-7-4-5-9-10(6-7)15-8(2)11(9)12(14)13-3/h3,6-8,10,13,15H,1,4-5,9,11-12H2,2H3;4-6H,1-3H3,(H,13,14). The summed E-state index contributed by atoms with van der Waals surface area (Å²) in [6.45, 7) is 9.90. The first-order chi connectivity index (χ1) is 17.4. The van der Waals surface area contributed by atoms with Gasteiger partial charge in [0.2, 0.25) is 0 Å². The summed E-state index contributed by atoms with van der Waals surface area (Å²) in [5.41, 5.74) is 4.13. The molecule has 6 heteroatoms. The third kappa shape index (κ3) is 5.77. The maximum Gasteiger partial charge on any atom is 0.252 e. The molecule has 5 rings (SSSR count). The second-order valence-corrected chi connectivity index (χ2v) is 10.6. The van der Waals surface area contributed by atoms with Gasteiger partial charge in [-0.25, -0.2) is 0 Å². The first-order valence-electron chi connectivity index (χ1n) is 12.5. The van der Waals surface area contributed by atoms with Gasteiger partial charge in [0.15, 0.2) is 0 Å². The largest absolute Gasteiger partial charge is 0.494 e. The number of rotatable bonds is 6. The molecule has 5 nitrogen and oxygen atoms in total. The first-order valence-corrected chi connectivity index (χ1v) is 13.3. The van der Waals surface area contributed by atoms with Crippen molar-refractivity contribution in [3.05, 3.63) is 76.8 Å². The highest BCUT2D eigenvalue weighted by Gasteiger charge is 2.20. The lowest BCUT2D eigenvalue weighted by atomic mass is 10.1. The Bertz CT molecular complexity index is 1380. The van der Waals surface area contributed by atoms with E-state index in [0.717, 1.165) is 51.1 Å². The van der Waals surface area contributed by atoms with Gasteiger partial charge in [-0.05, 0) is 88.2 Å². The van der Waals surface area contributed by atoms with Gasteiger partial charge in [0.05, 0.1) is 17.7 Å². The number of benzene rings is 2. The zero-order valence-corrected chi connectivity index (χ0v) is 22.5. The molecule has 0 saturated carbocycles. The van der Waals surface area contributed by atoms with E-state index in [4.69, 9.17) is 4.74 Å². The molecule has 1 aliphatic heterocycles. The van der Waals surface area contributed by atoms with Crippen molar-refractivity contribution < 1.29 is 9.53 Å². The highest BCUT2D eigenvalue weighted by Crippen LogP contribution is 2.31. The van der Waals surface area contributed by atoms with E-state index < -0.39 is 0 Å². The Morgan fingerprint density at radius 2 is 2.06 bits per heavy atom. The summed E-state index contributed by atoms with van der Waals surface area (Å²) in [5, 5.41) is 4.84. The van der Waals surface area contributed by atoms with E-state index in [1.54, 1.807) is 18.4 Å². The summed E-state index contributed by atoms with van der Waals surface area (Å²) in [6, 6.07) is 14.9. The molecule has 36 heavy (non-hydrogen) atoms. The number of fused-ring (bicyclic) bond motifs is 2. The van der Waals surface area contributed by atoms with Crippen LogP contribution in [-0.2, 0) is 0 Å². The number of likely N-dealkylation sites (tertiary alicyclic amines) is 1. The molecule has 1 atom stereocenters. The van der Waals surface area contributed by atoms with Gasteiger partial charge in [0.1, 0.15) is 5.75 Å². The van der Waals surface area contributed by atoms with Crippen LogP contribution in [0.2, 0.25) is 0 Å². The van der Waals surface area contributed by atoms with Gasteiger partial charge in [-0.1, -0.05) is 24.8 Å². The third-order valence-corrected chi connectivity index (χ3v) is 7.90. The Hall–Kier alpha value is -3.22. The maximum atomic E-state index is 11.7. The van der Waals surface area contributed by atoms with Gasteiger partial charge in [-0.2, -0.15) is 0 Å². The topological polar surface area (TPSA) is 54.5 Å². The van der Waals surface area contributed by atoms with Crippen molar-refractivity contribution >= 4 is 44.3 Å². The monoisotopic (exact) mass is 501 g/mol. The molecule has 0 bridgehead atoms. The summed E-state index contributed by atoms with van der Waals surface area (Å²) in [7, 11) is 3.87. The molecule has 1 fully saturated rings. The molecular formula is C30H35N3O2S. The summed E-state index contributed by atoms with van der Waals surface area (Å²) in [6.07, 6.45) is 7.38. The molecule has 1 amide bonds. The fourth-order valence-corrected chi connectivity index (χ4v) is 5.96. The number of aromatic nitrogens is 1. The highest BCUT2D eigenvalue weighted by molar-refractivity contribution is 7.19. The van der Waals surface area contributed by atoms with Crippen molar-refractivity contribution in [3.63, 3.8) is 0 Å². The highest BCUT2D eigenvalue weighted by atomic mass is 32.1. The normalized spacial score (nSPS) is 15.5. The zero-order chi connectivity index (χ0) is 25.7. The molecular weight excluding hydrogens is 466 g/mol. The fraction of sp³-hybridized carbons (Fsp3) is 0.333. The summed E-state index contributed by atoms with van der Waals surface area (Å²) < 4.78 is 7.12. The van der Waals surface area contributed by atoms with Crippen LogP contribution in [0.1, 0.15) is 45.6 Å². The van der Waals surface area contributed by atoms with Crippen LogP contribution in [0.15, 0.2) is 55.2 Å². The summed E-state index contributed by atoms with van der Waals surface area (Å²) in [4.78, 5) is 19.6. The van der Waals surface area contributed by atoms with Crippen molar-refractivity contribution in [1.82, 2.24) is 15.2 Å². The van der Waals surface area contributed by atoms with Gasteiger partial charge >= 0.3 is 0 Å². The number of carbonyl (C=O) groups is 1. The van der Waals surface area contributed by atoms with E-state index >= 15 is 0 Å². The first kappa shape index (κ1) is 25.9. The molecule has 3 heterocycles.